The Bertz CT molecular complexity index is 667. The van der Waals surface area contributed by atoms with Crippen LogP contribution in [0.3, 0.4) is 0 Å². The molecule has 2 rings (SSSR count). The van der Waals surface area contributed by atoms with Crippen molar-refractivity contribution in [1.82, 2.24) is 0 Å². The molecule has 0 saturated heterocycles. The minimum absolute atomic E-state index is 0.337. The van der Waals surface area contributed by atoms with Crippen molar-refractivity contribution in [1.29, 1.82) is 5.26 Å². The molecule has 102 valence electrons. The highest BCUT2D eigenvalue weighted by atomic mass is 79.9. The predicted octanol–water partition coefficient (Wildman–Crippen LogP) is 5.29. The van der Waals surface area contributed by atoms with E-state index in [-0.39, 0.29) is 0 Å². The molecule has 0 heterocycles. The number of hydrogen-bond acceptors (Lipinski definition) is 2. The summed E-state index contributed by atoms with van der Waals surface area (Å²) in [5, 5.41) is 9.32. The first-order chi connectivity index (χ1) is 9.63. The molecular weight excluding hydrogens is 361 g/mol. The van der Waals surface area contributed by atoms with Crippen molar-refractivity contribution in [2.45, 2.75) is 12.5 Å². The molecule has 5 heteroatoms. The van der Waals surface area contributed by atoms with Gasteiger partial charge in [-0.1, -0.05) is 23.7 Å². The Kier molecular flexibility index (Phi) is 5.31. The van der Waals surface area contributed by atoms with Crippen LogP contribution in [0.2, 0.25) is 5.02 Å². The molecule has 0 atom stereocenters. The number of nitrogens with zero attached hydrogens (tertiary/aromatic N) is 1. The summed E-state index contributed by atoms with van der Waals surface area (Å²) in [6.45, 7) is 0.337. The molecule has 2 aromatic carbocycles. The van der Waals surface area contributed by atoms with Crippen molar-refractivity contribution in [3.63, 3.8) is 0 Å². The average Bonchev–Trinajstić information content (AvgIpc) is 2.46. The van der Waals surface area contributed by atoms with Gasteiger partial charge in [0.15, 0.2) is 0 Å². The number of benzene rings is 2. The van der Waals surface area contributed by atoms with Crippen LogP contribution in [-0.4, -0.2) is 0 Å². The van der Waals surface area contributed by atoms with Gasteiger partial charge in [0.05, 0.1) is 16.1 Å². The van der Waals surface area contributed by atoms with Gasteiger partial charge in [0, 0.05) is 16.5 Å². The molecule has 2 nitrogen and oxygen atoms in total. The van der Waals surface area contributed by atoms with Crippen molar-refractivity contribution in [3.05, 3.63) is 62.6 Å². The van der Waals surface area contributed by atoms with Crippen LogP contribution < -0.4 is 4.74 Å². The quantitative estimate of drug-likeness (QED) is 0.684. The zero-order valence-electron chi connectivity index (χ0n) is 10.4. The largest absolute Gasteiger partial charge is 0.488 e. The van der Waals surface area contributed by atoms with Crippen molar-refractivity contribution in [2.75, 3.05) is 0 Å². The molecule has 0 fully saturated rings. The summed E-state index contributed by atoms with van der Waals surface area (Å²) in [4.78, 5) is 0. The molecule has 0 aliphatic carbocycles. The maximum atomic E-state index is 8.79. The molecular formula is C15H10BrCl2NO. The van der Waals surface area contributed by atoms with Crippen molar-refractivity contribution in [2.24, 2.45) is 0 Å². The summed E-state index contributed by atoms with van der Waals surface area (Å²) in [7, 11) is 0. The molecule has 0 aliphatic heterocycles. The number of hydrogen-bond donors (Lipinski definition) is 0. The first-order valence-electron chi connectivity index (χ1n) is 5.79. The first kappa shape index (κ1) is 15.2. The molecule has 0 N–H and O–H groups in total. The lowest BCUT2D eigenvalue weighted by atomic mass is 10.1. The fraction of sp³-hybridized carbons (Fsp3) is 0.133. The summed E-state index contributed by atoms with van der Waals surface area (Å²) in [5.41, 5.74) is 2.38. The monoisotopic (exact) mass is 369 g/mol. The van der Waals surface area contributed by atoms with Crippen LogP contribution in [0.25, 0.3) is 0 Å². The van der Waals surface area contributed by atoms with Crippen LogP contribution in [0.1, 0.15) is 16.7 Å². The van der Waals surface area contributed by atoms with Crippen molar-refractivity contribution < 1.29 is 4.74 Å². The van der Waals surface area contributed by atoms with E-state index in [4.69, 9.17) is 33.2 Å². The summed E-state index contributed by atoms with van der Waals surface area (Å²) in [5.74, 6) is 1.18. The number of alkyl halides is 1. The second-order valence-corrected chi connectivity index (χ2v) is 5.63. The van der Waals surface area contributed by atoms with E-state index in [9.17, 15) is 0 Å². The number of nitriles is 1. The summed E-state index contributed by atoms with van der Waals surface area (Å²) in [6, 6.07) is 12.9. The number of rotatable bonds is 4. The summed E-state index contributed by atoms with van der Waals surface area (Å²) in [6.07, 6.45) is 0. The first-order valence-corrected chi connectivity index (χ1v) is 7.50. The molecule has 0 radical (unpaired) electrons. The Labute approximate surface area is 136 Å². The molecule has 2 aromatic rings. The van der Waals surface area contributed by atoms with E-state index in [0.29, 0.717) is 23.1 Å². The van der Waals surface area contributed by atoms with Gasteiger partial charge in [-0.05, 0) is 45.8 Å². The lowest BCUT2D eigenvalue weighted by Crippen LogP contribution is -1.97. The maximum Gasteiger partial charge on any atom is 0.134 e. The van der Waals surface area contributed by atoms with E-state index in [1.165, 1.54) is 0 Å². The van der Waals surface area contributed by atoms with E-state index >= 15 is 0 Å². The van der Waals surface area contributed by atoms with Crippen molar-refractivity contribution in [3.8, 4) is 11.8 Å². The van der Waals surface area contributed by atoms with Crippen LogP contribution in [0.5, 0.6) is 5.75 Å². The second kappa shape index (κ2) is 6.99. The van der Waals surface area contributed by atoms with E-state index in [1.807, 2.05) is 24.3 Å². The van der Waals surface area contributed by atoms with Gasteiger partial charge < -0.3 is 4.74 Å². The Morgan fingerprint density at radius 3 is 2.60 bits per heavy atom. The van der Waals surface area contributed by atoms with Gasteiger partial charge in [-0.3, -0.25) is 0 Å². The summed E-state index contributed by atoms with van der Waals surface area (Å²) < 4.78 is 6.57. The second-order valence-electron chi connectivity index (χ2n) is 4.11. The molecule has 0 saturated carbocycles. The fourth-order valence-corrected chi connectivity index (χ4v) is 2.58. The van der Waals surface area contributed by atoms with Crippen LogP contribution >= 0.6 is 39.1 Å². The van der Waals surface area contributed by atoms with E-state index in [1.54, 1.807) is 18.2 Å². The standard InChI is InChI=1S/C15H10BrCl2NO/c16-13-5-10(7-17)2-4-15(13)20-9-12-3-1-11(8-19)6-14(12)18/h1-6H,7,9H2. The zero-order chi connectivity index (χ0) is 14.5. The van der Waals surface area contributed by atoms with Crippen molar-refractivity contribution >= 4 is 39.1 Å². The third-order valence-corrected chi connectivity index (χ3v) is 4.00. The van der Waals surface area contributed by atoms with Crippen LogP contribution in [0, 0.1) is 11.3 Å². The molecule has 20 heavy (non-hydrogen) atoms. The highest BCUT2D eigenvalue weighted by molar-refractivity contribution is 9.10. The average molecular weight is 371 g/mol. The minimum Gasteiger partial charge on any atom is -0.488 e. The zero-order valence-corrected chi connectivity index (χ0v) is 13.5. The van der Waals surface area contributed by atoms with Gasteiger partial charge in [0.1, 0.15) is 12.4 Å². The highest BCUT2D eigenvalue weighted by Crippen LogP contribution is 2.28. The lowest BCUT2D eigenvalue weighted by molar-refractivity contribution is 0.304. The molecule has 0 unspecified atom stereocenters. The molecule has 0 amide bonds. The van der Waals surface area contributed by atoms with Crippen LogP contribution in [0.4, 0.5) is 0 Å². The van der Waals surface area contributed by atoms with Gasteiger partial charge in [0.25, 0.3) is 0 Å². The van der Waals surface area contributed by atoms with Gasteiger partial charge >= 0.3 is 0 Å². The summed E-state index contributed by atoms with van der Waals surface area (Å²) >= 11 is 15.3. The molecule has 0 aromatic heterocycles. The van der Waals surface area contributed by atoms with Gasteiger partial charge in [-0.25, -0.2) is 0 Å². The van der Waals surface area contributed by atoms with E-state index in [0.717, 1.165) is 21.3 Å². The SMILES string of the molecule is N#Cc1ccc(COc2ccc(CCl)cc2Br)c(Cl)c1. The van der Waals surface area contributed by atoms with Gasteiger partial charge in [0.2, 0.25) is 0 Å². The molecule has 0 bridgehead atoms. The fourth-order valence-electron chi connectivity index (χ4n) is 1.63. The molecule has 0 aliphatic rings. The predicted molar refractivity (Wildman–Crippen MR) is 84.2 cm³/mol. The third kappa shape index (κ3) is 3.67. The van der Waals surface area contributed by atoms with E-state index < -0.39 is 0 Å². The Balaban J connectivity index is 2.11. The van der Waals surface area contributed by atoms with Crippen LogP contribution in [-0.2, 0) is 12.5 Å². The van der Waals surface area contributed by atoms with Gasteiger partial charge in [-0.15, -0.1) is 11.6 Å². The minimum atomic E-state index is 0.337. The lowest BCUT2D eigenvalue weighted by Gasteiger charge is -2.10. The smallest absolute Gasteiger partial charge is 0.134 e. The molecule has 0 spiro atoms. The van der Waals surface area contributed by atoms with Gasteiger partial charge in [-0.2, -0.15) is 5.26 Å². The van der Waals surface area contributed by atoms with E-state index in [2.05, 4.69) is 15.9 Å². The Morgan fingerprint density at radius 2 is 2.00 bits per heavy atom. The Morgan fingerprint density at radius 1 is 1.20 bits per heavy atom. The maximum absolute atomic E-state index is 8.79. The number of halogens is 3. The normalized spacial score (nSPS) is 10.1. The third-order valence-electron chi connectivity index (χ3n) is 2.72. The highest BCUT2D eigenvalue weighted by Gasteiger charge is 2.06. The Hall–Kier alpha value is -1.21. The van der Waals surface area contributed by atoms with Crippen LogP contribution in [0.15, 0.2) is 40.9 Å². The number of ether oxygens (including phenoxy) is 1. The topological polar surface area (TPSA) is 33.0 Å².